The molecule has 0 spiro atoms. The zero-order valence-corrected chi connectivity index (χ0v) is 39.4. The fourth-order valence-corrected chi connectivity index (χ4v) is 11.1. The zero-order valence-electron chi connectivity index (χ0n) is 39.4. The molecule has 342 valence electrons. The quantitative estimate of drug-likeness (QED) is 0.152. The van der Waals surface area contributed by atoms with Crippen LogP contribution in [0.3, 0.4) is 0 Å². The number of para-hydroxylation sites is 6. The molecule has 0 fully saturated rings. The summed E-state index contributed by atoms with van der Waals surface area (Å²) in [6.45, 7) is 0. The summed E-state index contributed by atoms with van der Waals surface area (Å²) in [4.78, 5) is 4.59. The van der Waals surface area contributed by atoms with Gasteiger partial charge in [-0.2, -0.15) is 0 Å². The molecule has 5 nitrogen and oxygen atoms in total. The molecule has 0 N–H and O–H groups in total. The number of anilines is 6. The van der Waals surface area contributed by atoms with Gasteiger partial charge in [0.25, 0.3) is 0 Å². The SMILES string of the molecule is c1ccc(N(c2cccc(-c3ccc4cc5c(cc4c3)oc3cc4cc(-c6cccc(N(c7ccccc7)c7cccc8c7oc7ccccc78)c6)ccc4cc35)c2)c2cccc3c2oc2ccccc23)cc1. The third-order valence-corrected chi connectivity index (χ3v) is 14.5. The molecule has 0 saturated heterocycles. The van der Waals surface area contributed by atoms with E-state index in [0.29, 0.717) is 0 Å². The fourth-order valence-electron chi connectivity index (χ4n) is 11.1. The summed E-state index contributed by atoms with van der Waals surface area (Å²) in [5.41, 5.74) is 15.8. The van der Waals surface area contributed by atoms with Gasteiger partial charge in [-0.05, 0) is 153 Å². The van der Waals surface area contributed by atoms with Crippen molar-refractivity contribution >= 4 is 121 Å². The first-order valence-corrected chi connectivity index (χ1v) is 24.7. The molecule has 0 aliphatic carbocycles. The number of hydrogen-bond acceptors (Lipinski definition) is 5. The Balaban J connectivity index is 0.782. The van der Waals surface area contributed by atoms with Crippen molar-refractivity contribution in [3.05, 3.63) is 255 Å². The third-order valence-electron chi connectivity index (χ3n) is 14.5. The smallest absolute Gasteiger partial charge is 0.159 e. The Kier molecular flexibility index (Phi) is 9.19. The second kappa shape index (κ2) is 16.4. The molecule has 3 aromatic heterocycles. The van der Waals surface area contributed by atoms with Crippen LogP contribution in [0.25, 0.3) is 110 Å². The highest BCUT2D eigenvalue weighted by Crippen LogP contribution is 2.46. The molecule has 15 rings (SSSR count). The summed E-state index contributed by atoms with van der Waals surface area (Å²) < 4.78 is 19.9. The zero-order chi connectivity index (χ0) is 48.0. The van der Waals surface area contributed by atoms with E-state index in [4.69, 9.17) is 13.3 Å². The normalized spacial score (nSPS) is 11.8. The number of rotatable bonds is 8. The maximum atomic E-state index is 6.74. The predicted octanol–water partition coefficient (Wildman–Crippen LogP) is 20.0. The highest BCUT2D eigenvalue weighted by atomic mass is 16.3. The Morgan fingerprint density at radius 3 is 1.10 bits per heavy atom. The van der Waals surface area contributed by atoms with Gasteiger partial charge in [-0.15, -0.1) is 0 Å². The number of fused-ring (bicyclic) bond motifs is 11. The van der Waals surface area contributed by atoms with Crippen LogP contribution in [-0.2, 0) is 0 Å². The molecular weight excluding hydrogens is 893 g/mol. The highest BCUT2D eigenvalue weighted by molar-refractivity contribution is 6.15. The molecule has 0 bridgehead atoms. The Labute approximate surface area is 419 Å². The van der Waals surface area contributed by atoms with Crippen molar-refractivity contribution in [3.63, 3.8) is 0 Å². The molecule has 0 unspecified atom stereocenters. The molecule has 5 heteroatoms. The lowest BCUT2D eigenvalue weighted by molar-refractivity contribution is 0.668. The molecule has 12 aromatic carbocycles. The first-order chi connectivity index (χ1) is 36.1. The van der Waals surface area contributed by atoms with Gasteiger partial charge in [-0.3, -0.25) is 0 Å². The largest absolute Gasteiger partial charge is 0.456 e. The predicted molar refractivity (Wildman–Crippen MR) is 304 cm³/mol. The first kappa shape index (κ1) is 41.0. The van der Waals surface area contributed by atoms with Gasteiger partial charge in [-0.1, -0.05) is 146 Å². The first-order valence-electron chi connectivity index (χ1n) is 24.7. The number of nitrogens with zero attached hydrogens (tertiary/aromatic N) is 2. The standard InChI is InChI=1S/C68H42N2O3/c1-3-17-51(18-4-1)69(61-27-13-25-57-55-23-7-9-29-63(55)72-67(57)61)53-21-11-15-43(37-53)45-31-33-47-39-59-60-40-48-34-32-46(36-50(48)42-66(60)71-65(59)41-49(47)35-45)44-16-12-22-54(38-44)70(52-19-5-2-6-20-52)62-28-14-26-58-56-24-8-10-30-64(56)73-68(58)62/h1-42H. The van der Waals surface area contributed by atoms with Crippen molar-refractivity contribution in [2.45, 2.75) is 0 Å². The van der Waals surface area contributed by atoms with Crippen molar-refractivity contribution in [3.8, 4) is 22.3 Å². The molecule has 0 saturated carbocycles. The number of hydrogen-bond donors (Lipinski definition) is 0. The lowest BCUT2D eigenvalue weighted by Gasteiger charge is -2.26. The summed E-state index contributed by atoms with van der Waals surface area (Å²) in [7, 11) is 0. The van der Waals surface area contributed by atoms with E-state index in [1.165, 1.54) is 0 Å². The molecule has 3 heterocycles. The van der Waals surface area contributed by atoms with Crippen LogP contribution >= 0.6 is 0 Å². The lowest BCUT2D eigenvalue weighted by atomic mass is 9.97. The molecule has 73 heavy (non-hydrogen) atoms. The molecule has 0 atom stereocenters. The molecule has 0 aliphatic heterocycles. The maximum absolute atomic E-state index is 6.74. The average Bonchev–Trinajstić information content (AvgIpc) is 4.14. The van der Waals surface area contributed by atoms with Crippen LogP contribution in [0.15, 0.2) is 268 Å². The highest BCUT2D eigenvalue weighted by Gasteiger charge is 2.22. The molecular formula is C68H42N2O3. The van der Waals surface area contributed by atoms with E-state index in [0.717, 1.165) is 144 Å². The molecule has 0 amide bonds. The maximum Gasteiger partial charge on any atom is 0.159 e. The second-order valence-electron chi connectivity index (χ2n) is 18.9. The van der Waals surface area contributed by atoms with E-state index in [-0.39, 0.29) is 0 Å². The second-order valence-corrected chi connectivity index (χ2v) is 18.9. The minimum atomic E-state index is 0.859. The van der Waals surface area contributed by atoms with Crippen LogP contribution in [0, 0.1) is 0 Å². The number of benzene rings is 12. The Hall–Kier alpha value is -9.84. The van der Waals surface area contributed by atoms with Gasteiger partial charge < -0.3 is 23.1 Å². The van der Waals surface area contributed by atoms with E-state index >= 15 is 0 Å². The topological polar surface area (TPSA) is 45.9 Å². The van der Waals surface area contributed by atoms with E-state index in [1.54, 1.807) is 0 Å². The molecule has 0 aliphatic rings. The van der Waals surface area contributed by atoms with Gasteiger partial charge in [0.2, 0.25) is 0 Å². The van der Waals surface area contributed by atoms with E-state index in [2.05, 4.69) is 240 Å². The summed E-state index contributed by atoms with van der Waals surface area (Å²) in [6, 6.07) is 90.3. The van der Waals surface area contributed by atoms with Gasteiger partial charge in [0.05, 0.1) is 11.4 Å². The summed E-state index contributed by atoms with van der Waals surface area (Å²) >= 11 is 0. The summed E-state index contributed by atoms with van der Waals surface area (Å²) in [5.74, 6) is 0. The van der Waals surface area contributed by atoms with Crippen LogP contribution < -0.4 is 9.80 Å². The van der Waals surface area contributed by atoms with Crippen LogP contribution in [0.4, 0.5) is 34.1 Å². The Morgan fingerprint density at radius 1 is 0.219 bits per heavy atom. The van der Waals surface area contributed by atoms with E-state index in [9.17, 15) is 0 Å². The van der Waals surface area contributed by atoms with Crippen molar-refractivity contribution in [1.82, 2.24) is 0 Å². The lowest BCUT2D eigenvalue weighted by Crippen LogP contribution is -2.10. The molecule has 0 radical (unpaired) electrons. The van der Waals surface area contributed by atoms with Crippen LogP contribution in [0.5, 0.6) is 0 Å². The minimum Gasteiger partial charge on any atom is -0.456 e. The van der Waals surface area contributed by atoms with E-state index < -0.39 is 0 Å². The minimum absolute atomic E-state index is 0.859. The Bertz CT molecular complexity index is 4350. The van der Waals surface area contributed by atoms with Crippen LogP contribution in [0.2, 0.25) is 0 Å². The Morgan fingerprint density at radius 2 is 0.616 bits per heavy atom. The van der Waals surface area contributed by atoms with Crippen molar-refractivity contribution in [1.29, 1.82) is 0 Å². The average molecular weight is 935 g/mol. The molecule has 15 aromatic rings. The van der Waals surface area contributed by atoms with Crippen LogP contribution in [-0.4, -0.2) is 0 Å². The van der Waals surface area contributed by atoms with Crippen LogP contribution in [0.1, 0.15) is 0 Å². The monoisotopic (exact) mass is 934 g/mol. The third kappa shape index (κ3) is 6.78. The van der Waals surface area contributed by atoms with Gasteiger partial charge >= 0.3 is 0 Å². The number of furan rings is 3. The van der Waals surface area contributed by atoms with E-state index in [1.807, 2.05) is 24.3 Å². The van der Waals surface area contributed by atoms with Gasteiger partial charge in [0, 0.05) is 55.1 Å². The van der Waals surface area contributed by atoms with Crippen molar-refractivity contribution in [2.24, 2.45) is 0 Å². The van der Waals surface area contributed by atoms with Crippen molar-refractivity contribution < 1.29 is 13.3 Å². The van der Waals surface area contributed by atoms with Gasteiger partial charge in [0.15, 0.2) is 11.2 Å². The van der Waals surface area contributed by atoms with Crippen molar-refractivity contribution in [2.75, 3.05) is 9.80 Å². The summed E-state index contributed by atoms with van der Waals surface area (Å²) in [6.07, 6.45) is 0. The summed E-state index contributed by atoms with van der Waals surface area (Å²) in [5, 5.41) is 11.2. The van der Waals surface area contributed by atoms with Gasteiger partial charge in [0.1, 0.15) is 22.3 Å². The fraction of sp³-hybridized carbons (Fsp3) is 0. The van der Waals surface area contributed by atoms with Gasteiger partial charge in [-0.25, -0.2) is 0 Å².